The lowest BCUT2D eigenvalue weighted by Gasteiger charge is -2.30. The summed E-state index contributed by atoms with van der Waals surface area (Å²) in [6, 6.07) is 64.4. The van der Waals surface area contributed by atoms with Crippen LogP contribution in [0.1, 0.15) is 25.0 Å². The zero-order valence-corrected chi connectivity index (χ0v) is 27.2. The lowest BCUT2D eigenvalue weighted by atomic mass is 9.81. The molecule has 0 aromatic heterocycles. The van der Waals surface area contributed by atoms with E-state index in [1.54, 1.807) is 0 Å². The van der Waals surface area contributed by atoms with Crippen LogP contribution in [0, 0.1) is 0 Å². The summed E-state index contributed by atoms with van der Waals surface area (Å²) < 4.78 is 0. The van der Waals surface area contributed by atoms with E-state index in [0.717, 1.165) is 17.1 Å². The minimum Gasteiger partial charge on any atom is -0.310 e. The van der Waals surface area contributed by atoms with Crippen LogP contribution in [0.25, 0.3) is 54.9 Å². The van der Waals surface area contributed by atoms with E-state index >= 15 is 0 Å². The van der Waals surface area contributed by atoms with Gasteiger partial charge in [-0.05, 0) is 90.8 Å². The van der Waals surface area contributed by atoms with Gasteiger partial charge >= 0.3 is 0 Å². The molecule has 0 unspecified atom stereocenters. The van der Waals surface area contributed by atoms with Gasteiger partial charge in [0.1, 0.15) is 0 Å². The van der Waals surface area contributed by atoms with Crippen molar-refractivity contribution in [2.75, 3.05) is 4.90 Å². The Hall–Kier alpha value is -5.92. The molecule has 8 aromatic carbocycles. The van der Waals surface area contributed by atoms with E-state index in [1.807, 2.05) is 0 Å². The predicted molar refractivity (Wildman–Crippen MR) is 205 cm³/mol. The lowest BCUT2D eigenvalue weighted by Crippen LogP contribution is -2.17. The van der Waals surface area contributed by atoms with Gasteiger partial charge in [0.2, 0.25) is 0 Å². The van der Waals surface area contributed by atoms with E-state index in [0.29, 0.717) is 0 Å². The Morgan fingerprint density at radius 2 is 1.02 bits per heavy atom. The second-order valence-corrected chi connectivity index (χ2v) is 13.3. The maximum absolute atomic E-state index is 2.46. The number of para-hydroxylation sites is 1. The van der Waals surface area contributed by atoms with Crippen LogP contribution in [0.3, 0.4) is 0 Å². The van der Waals surface area contributed by atoms with Crippen molar-refractivity contribution < 1.29 is 0 Å². The Labute approximate surface area is 282 Å². The summed E-state index contributed by atoms with van der Waals surface area (Å²) in [5, 5.41) is 4.97. The molecule has 1 nitrogen and oxygen atoms in total. The Morgan fingerprint density at radius 1 is 0.396 bits per heavy atom. The Morgan fingerprint density at radius 3 is 1.81 bits per heavy atom. The van der Waals surface area contributed by atoms with Crippen molar-refractivity contribution in [1.29, 1.82) is 0 Å². The summed E-state index contributed by atoms with van der Waals surface area (Å²) in [5.74, 6) is 0. The highest BCUT2D eigenvalue weighted by Gasteiger charge is 2.37. The maximum Gasteiger partial charge on any atom is 0.0546 e. The number of fused-ring (bicyclic) bond motifs is 5. The molecule has 0 spiro atoms. The zero-order valence-electron chi connectivity index (χ0n) is 27.2. The van der Waals surface area contributed by atoms with Crippen molar-refractivity contribution in [3.8, 4) is 33.4 Å². The van der Waals surface area contributed by atoms with Crippen molar-refractivity contribution in [2.24, 2.45) is 0 Å². The van der Waals surface area contributed by atoms with Gasteiger partial charge < -0.3 is 4.90 Å². The van der Waals surface area contributed by atoms with Crippen LogP contribution in [0.2, 0.25) is 0 Å². The summed E-state index contributed by atoms with van der Waals surface area (Å²) in [4.78, 5) is 2.46. The van der Waals surface area contributed by atoms with Crippen molar-refractivity contribution >= 4 is 38.6 Å². The third-order valence-corrected chi connectivity index (χ3v) is 10.2. The molecule has 228 valence electrons. The third-order valence-electron chi connectivity index (χ3n) is 10.2. The van der Waals surface area contributed by atoms with Gasteiger partial charge in [-0.3, -0.25) is 0 Å². The number of hydrogen-bond acceptors (Lipinski definition) is 1. The molecule has 0 heterocycles. The molecular weight excluding hydrogens is 579 g/mol. The SMILES string of the molecule is CC1(C)c2cc(N(c3ccccc3)c3ccc4ccccc4c3-c3cccc4ccccc34)ccc2-c2c(-c3ccccc3)cccc21. The highest BCUT2D eigenvalue weighted by atomic mass is 15.1. The first-order chi connectivity index (χ1) is 23.6. The first-order valence-electron chi connectivity index (χ1n) is 16.8. The lowest BCUT2D eigenvalue weighted by molar-refractivity contribution is 0.660. The predicted octanol–water partition coefficient (Wildman–Crippen LogP) is 13.1. The zero-order chi connectivity index (χ0) is 32.2. The van der Waals surface area contributed by atoms with E-state index in [1.165, 1.54) is 66.1 Å². The van der Waals surface area contributed by atoms with Crippen LogP contribution in [-0.4, -0.2) is 0 Å². The fourth-order valence-electron chi connectivity index (χ4n) is 7.95. The van der Waals surface area contributed by atoms with Gasteiger partial charge in [-0.15, -0.1) is 0 Å². The van der Waals surface area contributed by atoms with Crippen LogP contribution in [-0.2, 0) is 5.41 Å². The van der Waals surface area contributed by atoms with Crippen molar-refractivity contribution in [3.63, 3.8) is 0 Å². The Kier molecular flexibility index (Phi) is 6.55. The van der Waals surface area contributed by atoms with Crippen LogP contribution in [0.5, 0.6) is 0 Å². The van der Waals surface area contributed by atoms with Crippen LogP contribution < -0.4 is 4.90 Å². The molecule has 8 aromatic rings. The second kappa shape index (κ2) is 11.1. The molecule has 1 aliphatic rings. The highest BCUT2D eigenvalue weighted by molar-refractivity contribution is 6.11. The van der Waals surface area contributed by atoms with E-state index in [-0.39, 0.29) is 5.41 Å². The average molecular weight is 614 g/mol. The van der Waals surface area contributed by atoms with Crippen LogP contribution in [0.4, 0.5) is 17.1 Å². The number of nitrogens with zero attached hydrogens (tertiary/aromatic N) is 1. The summed E-state index contributed by atoms with van der Waals surface area (Å²) in [7, 11) is 0. The molecule has 0 saturated heterocycles. The van der Waals surface area contributed by atoms with Gasteiger partial charge in [0.25, 0.3) is 0 Å². The number of rotatable bonds is 5. The summed E-state index contributed by atoms with van der Waals surface area (Å²) >= 11 is 0. The number of hydrogen-bond donors (Lipinski definition) is 0. The quantitative estimate of drug-likeness (QED) is 0.187. The molecule has 0 fully saturated rings. The minimum absolute atomic E-state index is 0.157. The Balaban J connectivity index is 1.31. The monoisotopic (exact) mass is 613 g/mol. The van der Waals surface area contributed by atoms with E-state index in [4.69, 9.17) is 0 Å². The highest BCUT2D eigenvalue weighted by Crippen LogP contribution is 2.54. The summed E-state index contributed by atoms with van der Waals surface area (Å²) in [5.41, 5.74) is 13.7. The standard InChI is InChI=1S/C47H35N/c1-47(2)42-26-14-24-38(33-15-5-3-6-16-33)45(42)41-29-28-36(31-43(41)47)48(35-20-7-4-8-21-35)44-30-27-34-18-10-12-23-39(34)46(44)40-25-13-19-32-17-9-11-22-37(32)40/h3-31H,1-2H3. The van der Waals surface area contributed by atoms with E-state index in [2.05, 4.69) is 195 Å². The van der Waals surface area contributed by atoms with Gasteiger partial charge in [-0.2, -0.15) is 0 Å². The van der Waals surface area contributed by atoms with Crippen molar-refractivity contribution in [3.05, 3.63) is 187 Å². The number of anilines is 3. The molecule has 0 radical (unpaired) electrons. The summed E-state index contributed by atoms with van der Waals surface area (Å²) in [6.07, 6.45) is 0. The molecule has 0 aliphatic heterocycles. The summed E-state index contributed by atoms with van der Waals surface area (Å²) in [6.45, 7) is 4.75. The number of benzene rings is 8. The molecule has 0 saturated carbocycles. The van der Waals surface area contributed by atoms with Crippen molar-refractivity contribution in [1.82, 2.24) is 0 Å². The van der Waals surface area contributed by atoms with Gasteiger partial charge in [-0.25, -0.2) is 0 Å². The maximum atomic E-state index is 2.46. The molecule has 0 bridgehead atoms. The molecule has 0 N–H and O–H groups in total. The van der Waals surface area contributed by atoms with Gasteiger partial charge in [0, 0.05) is 22.4 Å². The molecule has 0 atom stereocenters. The van der Waals surface area contributed by atoms with Gasteiger partial charge in [0.15, 0.2) is 0 Å². The molecule has 9 rings (SSSR count). The van der Waals surface area contributed by atoms with Gasteiger partial charge in [-0.1, -0.05) is 159 Å². The van der Waals surface area contributed by atoms with E-state index < -0.39 is 0 Å². The molecule has 1 aliphatic carbocycles. The first kappa shape index (κ1) is 28.3. The Bertz CT molecular complexity index is 2470. The normalized spacial score (nSPS) is 13.0. The molecule has 1 heteroatoms. The van der Waals surface area contributed by atoms with E-state index in [9.17, 15) is 0 Å². The fraction of sp³-hybridized carbons (Fsp3) is 0.0638. The average Bonchev–Trinajstić information content (AvgIpc) is 3.38. The van der Waals surface area contributed by atoms with Gasteiger partial charge in [0.05, 0.1) is 5.69 Å². The fourth-order valence-corrected chi connectivity index (χ4v) is 7.95. The third kappa shape index (κ3) is 4.39. The van der Waals surface area contributed by atoms with Crippen molar-refractivity contribution in [2.45, 2.75) is 19.3 Å². The first-order valence-corrected chi connectivity index (χ1v) is 16.8. The molecular formula is C47H35N. The minimum atomic E-state index is -0.157. The smallest absolute Gasteiger partial charge is 0.0546 e. The molecule has 0 amide bonds. The molecule has 48 heavy (non-hydrogen) atoms. The van der Waals surface area contributed by atoms with Crippen LogP contribution >= 0.6 is 0 Å². The topological polar surface area (TPSA) is 3.24 Å². The second-order valence-electron chi connectivity index (χ2n) is 13.3. The largest absolute Gasteiger partial charge is 0.310 e. The van der Waals surface area contributed by atoms with Crippen LogP contribution in [0.15, 0.2) is 176 Å².